The number of carbonyl (C=O) groups is 2. The standard InChI is InChI=1S/C31H34F2N4O4S/c1-42(40,41)37-18-16-36(17-19-37)31(39)28(14-15-34-29-20-27(29)23-8-12-26(33)13-9-23)35-30(38)24-4-2-21(3-5-24)22-6-10-25(32)11-7-22/h2-13,27-29,34H,14-20H2,1H3,(H,35,38)/t27-,28-,29+/m0/s1. The third kappa shape index (κ3) is 7.39. The summed E-state index contributed by atoms with van der Waals surface area (Å²) in [5, 5.41) is 6.34. The monoisotopic (exact) mass is 596 g/mol. The summed E-state index contributed by atoms with van der Waals surface area (Å²) < 4.78 is 51.7. The van der Waals surface area contributed by atoms with Crippen LogP contribution in [0.3, 0.4) is 0 Å². The Balaban J connectivity index is 1.22. The number of rotatable bonds is 10. The SMILES string of the molecule is CS(=O)(=O)N1CCN(C(=O)[C@H](CCN[C@@H]2C[C@H]2c2ccc(F)cc2)NC(=O)c2ccc(-c3ccc(F)cc3)cc2)CC1. The Morgan fingerprint density at radius 3 is 1.98 bits per heavy atom. The summed E-state index contributed by atoms with van der Waals surface area (Å²) in [4.78, 5) is 28.4. The largest absolute Gasteiger partial charge is 0.340 e. The molecule has 3 aromatic carbocycles. The minimum atomic E-state index is -3.35. The maximum Gasteiger partial charge on any atom is 0.251 e. The molecule has 3 aromatic rings. The Hall–Kier alpha value is -3.67. The molecular weight excluding hydrogens is 562 g/mol. The first-order chi connectivity index (χ1) is 20.1. The predicted octanol–water partition coefficient (Wildman–Crippen LogP) is 3.37. The lowest BCUT2D eigenvalue weighted by Gasteiger charge is -2.35. The van der Waals surface area contributed by atoms with Gasteiger partial charge in [0, 0.05) is 43.7 Å². The first kappa shape index (κ1) is 29.8. The molecule has 11 heteroatoms. The van der Waals surface area contributed by atoms with Gasteiger partial charge in [0.15, 0.2) is 0 Å². The molecule has 2 amide bonds. The molecule has 42 heavy (non-hydrogen) atoms. The number of halogens is 2. The Kier molecular flexibility index (Phi) is 9.00. The van der Waals surface area contributed by atoms with Gasteiger partial charge in [0.05, 0.1) is 6.26 Å². The quantitative estimate of drug-likeness (QED) is 0.374. The van der Waals surface area contributed by atoms with E-state index in [1.807, 2.05) is 0 Å². The van der Waals surface area contributed by atoms with Crippen molar-refractivity contribution >= 4 is 21.8 Å². The Morgan fingerprint density at radius 2 is 1.40 bits per heavy atom. The van der Waals surface area contributed by atoms with Crippen LogP contribution in [0.25, 0.3) is 11.1 Å². The van der Waals surface area contributed by atoms with Crippen LogP contribution >= 0.6 is 0 Å². The Bertz CT molecular complexity index is 1510. The fraction of sp³-hybridized carbons (Fsp3) is 0.355. The maximum atomic E-state index is 13.5. The van der Waals surface area contributed by atoms with Crippen molar-refractivity contribution in [1.82, 2.24) is 19.8 Å². The second kappa shape index (κ2) is 12.7. The lowest BCUT2D eigenvalue weighted by atomic mass is 10.0. The second-order valence-corrected chi connectivity index (χ2v) is 12.8. The van der Waals surface area contributed by atoms with Gasteiger partial charge >= 0.3 is 0 Å². The highest BCUT2D eigenvalue weighted by Crippen LogP contribution is 2.40. The molecule has 1 saturated carbocycles. The van der Waals surface area contributed by atoms with Gasteiger partial charge in [-0.15, -0.1) is 0 Å². The zero-order valence-electron chi connectivity index (χ0n) is 23.3. The normalized spacial score (nSPS) is 19.7. The fourth-order valence-corrected chi connectivity index (χ4v) is 6.15. The summed E-state index contributed by atoms with van der Waals surface area (Å²) in [6.45, 7) is 1.37. The van der Waals surface area contributed by atoms with E-state index in [0.29, 0.717) is 18.5 Å². The van der Waals surface area contributed by atoms with Gasteiger partial charge in [-0.25, -0.2) is 17.2 Å². The Labute approximate surface area is 244 Å². The average molecular weight is 597 g/mol. The van der Waals surface area contributed by atoms with Crippen LogP contribution in [0.15, 0.2) is 72.8 Å². The van der Waals surface area contributed by atoms with Crippen LogP contribution in [0.5, 0.6) is 0 Å². The van der Waals surface area contributed by atoms with Crippen LogP contribution in [0.1, 0.15) is 34.7 Å². The molecule has 1 aliphatic heterocycles. The summed E-state index contributed by atoms with van der Waals surface area (Å²) in [5.74, 6) is -0.983. The molecule has 1 heterocycles. The van der Waals surface area contributed by atoms with Gasteiger partial charge in [0.2, 0.25) is 15.9 Å². The summed E-state index contributed by atoms with van der Waals surface area (Å²) in [5.41, 5.74) is 3.08. The highest BCUT2D eigenvalue weighted by Gasteiger charge is 2.38. The summed E-state index contributed by atoms with van der Waals surface area (Å²) in [6, 6.07) is 18.8. The minimum Gasteiger partial charge on any atom is -0.340 e. The topological polar surface area (TPSA) is 98.8 Å². The van der Waals surface area contributed by atoms with Crippen LogP contribution in [-0.4, -0.2) is 80.5 Å². The second-order valence-electron chi connectivity index (χ2n) is 10.8. The molecule has 222 valence electrons. The van der Waals surface area contributed by atoms with Crippen LogP contribution in [-0.2, 0) is 14.8 Å². The molecular formula is C31H34F2N4O4S. The van der Waals surface area contributed by atoms with E-state index in [-0.39, 0.29) is 55.7 Å². The number of sulfonamides is 1. The van der Waals surface area contributed by atoms with Crippen molar-refractivity contribution in [1.29, 1.82) is 0 Å². The van der Waals surface area contributed by atoms with Crippen molar-refractivity contribution in [3.8, 4) is 11.1 Å². The van der Waals surface area contributed by atoms with Crippen molar-refractivity contribution in [2.75, 3.05) is 39.0 Å². The number of benzene rings is 3. The minimum absolute atomic E-state index is 0.204. The first-order valence-corrected chi connectivity index (χ1v) is 15.8. The molecule has 2 aliphatic rings. The number of carbonyl (C=O) groups excluding carboxylic acids is 2. The van der Waals surface area contributed by atoms with Gasteiger partial charge in [0.25, 0.3) is 5.91 Å². The molecule has 0 radical (unpaired) electrons. The van der Waals surface area contributed by atoms with Crippen molar-refractivity contribution in [2.45, 2.75) is 30.8 Å². The van der Waals surface area contributed by atoms with E-state index in [1.54, 1.807) is 53.4 Å². The number of hydrogen-bond donors (Lipinski definition) is 2. The van der Waals surface area contributed by atoms with E-state index in [2.05, 4.69) is 10.6 Å². The molecule has 2 fully saturated rings. The molecule has 0 bridgehead atoms. The van der Waals surface area contributed by atoms with Gasteiger partial charge in [-0.05, 0) is 72.5 Å². The van der Waals surface area contributed by atoms with Crippen LogP contribution < -0.4 is 10.6 Å². The van der Waals surface area contributed by atoms with Crippen LogP contribution in [0, 0.1) is 11.6 Å². The lowest BCUT2D eigenvalue weighted by molar-refractivity contribution is -0.134. The smallest absolute Gasteiger partial charge is 0.251 e. The van der Waals surface area contributed by atoms with Crippen molar-refractivity contribution in [3.63, 3.8) is 0 Å². The zero-order valence-corrected chi connectivity index (χ0v) is 24.1. The molecule has 0 spiro atoms. The van der Waals surface area contributed by atoms with E-state index >= 15 is 0 Å². The third-order valence-corrected chi connectivity index (χ3v) is 9.18. The number of nitrogens with zero attached hydrogens (tertiary/aromatic N) is 2. The van der Waals surface area contributed by atoms with Crippen LogP contribution in [0.2, 0.25) is 0 Å². The molecule has 1 aliphatic carbocycles. The lowest BCUT2D eigenvalue weighted by Crippen LogP contribution is -2.56. The molecule has 3 atom stereocenters. The average Bonchev–Trinajstić information content (AvgIpc) is 3.76. The van der Waals surface area contributed by atoms with E-state index in [0.717, 1.165) is 29.4 Å². The first-order valence-electron chi connectivity index (χ1n) is 14.0. The highest BCUT2D eigenvalue weighted by atomic mass is 32.2. The molecule has 0 unspecified atom stereocenters. The third-order valence-electron chi connectivity index (χ3n) is 7.88. The number of piperazine rings is 1. The summed E-state index contributed by atoms with van der Waals surface area (Å²) in [6.07, 6.45) is 2.40. The summed E-state index contributed by atoms with van der Waals surface area (Å²) >= 11 is 0. The van der Waals surface area contributed by atoms with Crippen molar-refractivity contribution in [2.24, 2.45) is 0 Å². The van der Waals surface area contributed by atoms with Gasteiger partial charge in [-0.2, -0.15) is 4.31 Å². The summed E-state index contributed by atoms with van der Waals surface area (Å²) in [7, 11) is -3.35. The predicted molar refractivity (Wildman–Crippen MR) is 156 cm³/mol. The Morgan fingerprint density at radius 1 is 0.857 bits per heavy atom. The van der Waals surface area contributed by atoms with E-state index in [4.69, 9.17) is 0 Å². The van der Waals surface area contributed by atoms with Gasteiger partial charge in [-0.3, -0.25) is 9.59 Å². The number of amides is 2. The zero-order chi connectivity index (χ0) is 29.9. The van der Waals surface area contributed by atoms with Gasteiger partial charge in [-0.1, -0.05) is 36.4 Å². The molecule has 5 rings (SSSR count). The van der Waals surface area contributed by atoms with E-state index < -0.39 is 22.0 Å². The van der Waals surface area contributed by atoms with E-state index in [9.17, 15) is 26.8 Å². The van der Waals surface area contributed by atoms with Gasteiger partial charge in [0.1, 0.15) is 17.7 Å². The highest BCUT2D eigenvalue weighted by molar-refractivity contribution is 7.88. The molecule has 2 N–H and O–H groups in total. The van der Waals surface area contributed by atoms with Gasteiger partial charge < -0.3 is 15.5 Å². The van der Waals surface area contributed by atoms with E-state index in [1.165, 1.54) is 28.6 Å². The number of nitrogens with one attached hydrogen (secondary N) is 2. The fourth-order valence-electron chi connectivity index (χ4n) is 5.33. The number of hydrogen-bond acceptors (Lipinski definition) is 5. The maximum absolute atomic E-state index is 13.5. The van der Waals surface area contributed by atoms with Crippen molar-refractivity contribution < 1.29 is 26.8 Å². The molecule has 0 aromatic heterocycles. The van der Waals surface area contributed by atoms with Crippen molar-refractivity contribution in [3.05, 3.63) is 95.6 Å². The molecule has 1 saturated heterocycles. The van der Waals surface area contributed by atoms with Crippen LogP contribution in [0.4, 0.5) is 8.78 Å². The molecule has 8 nitrogen and oxygen atoms in total.